The third-order valence-electron chi connectivity index (χ3n) is 1.08. The summed E-state index contributed by atoms with van der Waals surface area (Å²) in [6, 6.07) is -0.752. The summed E-state index contributed by atoms with van der Waals surface area (Å²) in [6.45, 7) is 1.95. The van der Waals surface area contributed by atoms with Crippen molar-refractivity contribution in [3.63, 3.8) is 0 Å². The van der Waals surface area contributed by atoms with Gasteiger partial charge in [0.15, 0.2) is 0 Å². The number of rotatable bonds is 2. The number of hydrogen-bond acceptors (Lipinski definition) is 5. The van der Waals surface area contributed by atoms with Crippen LogP contribution >= 0.6 is 0 Å². The zero-order valence-corrected chi connectivity index (χ0v) is 8.79. The summed E-state index contributed by atoms with van der Waals surface area (Å²) in [4.78, 5) is 36.7. The van der Waals surface area contributed by atoms with Gasteiger partial charge in [-0.1, -0.05) is 0 Å². The second-order valence-electron chi connectivity index (χ2n) is 2.69. The zero-order valence-electron chi connectivity index (χ0n) is 8.79. The fourth-order valence-corrected chi connectivity index (χ4v) is 0.598. The minimum absolute atomic E-state index is 0.303. The third kappa shape index (κ3) is 6.27. The predicted molar refractivity (Wildman–Crippen MR) is 50.1 cm³/mol. The van der Waals surface area contributed by atoms with E-state index in [4.69, 9.17) is 0 Å². The Morgan fingerprint density at radius 1 is 1.27 bits per heavy atom. The molecular formula is C7H14N4O4. The topological polar surface area (TPSA) is 99.8 Å². The van der Waals surface area contributed by atoms with Crippen LogP contribution in [0.3, 0.4) is 0 Å². The first-order chi connectivity index (χ1) is 6.97. The Bertz CT molecular complexity index is 253. The smallest absolute Gasteiger partial charge is 0.347 e. The highest BCUT2D eigenvalue weighted by molar-refractivity contribution is 6.32. The molecule has 8 nitrogen and oxygen atoms in total. The molecule has 0 aromatic carbocycles. The molecule has 0 rings (SSSR count). The minimum atomic E-state index is -1.18. The van der Waals surface area contributed by atoms with Gasteiger partial charge in [0.05, 0.1) is 0 Å². The van der Waals surface area contributed by atoms with Gasteiger partial charge in [-0.15, -0.1) is 0 Å². The van der Waals surface area contributed by atoms with Crippen molar-refractivity contribution >= 4 is 17.9 Å². The Balaban J connectivity index is 3.80. The number of carbonyl (C=O) groups is 3. The molecule has 0 saturated heterocycles. The van der Waals surface area contributed by atoms with Gasteiger partial charge >= 0.3 is 17.9 Å². The maximum atomic E-state index is 10.9. The lowest BCUT2D eigenvalue weighted by molar-refractivity contribution is -0.158. The molecule has 86 valence electrons. The summed E-state index contributed by atoms with van der Waals surface area (Å²) in [5.41, 5.74) is 3.99. The van der Waals surface area contributed by atoms with Gasteiger partial charge in [0, 0.05) is 20.6 Å². The van der Waals surface area contributed by atoms with Crippen LogP contribution in [0.2, 0.25) is 0 Å². The summed E-state index contributed by atoms with van der Waals surface area (Å²) >= 11 is 0. The highest BCUT2D eigenvalue weighted by Gasteiger charge is 2.15. The van der Waals surface area contributed by atoms with Gasteiger partial charge in [-0.25, -0.2) is 14.6 Å². The monoisotopic (exact) mass is 218 g/mol. The molecule has 8 heteroatoms. The van der Waals surface area contributed by atoms with Gasteiger partial charge in [-0.05, 0) is 6.92 Å². The molecule has 0 aliphatic heterocycles. The first kappa shape index (κ1) is 13.2. The van der Waals surface area contributed by atoms with Gasteiger partial charge in [0.1, 0.15) is 0 Å². The first-order valence-corrected chi connectivity index (χ1v) is 4.20. The first-order valence-electron chi connectivity index (χ1n) is 4.20. The van der Waals surface area contributed by atoms with Crippen molar-refractivity contribution in [2.24, 2.45) is 0 Å². The molecule has 0 fully saturated rings. The van der Waals surface area contributed by atoms with Crippen molar-refractivity contribution < 1.29 is 19.2 Å². The average molecular weight is 218 g/mol. The van der Waals surface area contributed by atoms with E-state index in [1.54, 1.807) is 26.5 Å². The quantitative estimate of drug-likeness (QED) is 0.381. The van der Waals surface area contributed by atoms with Gasteiger partial charge < -0.3 is 10.2 Å². The predicted octanol–water partition coefficient (Wildman–Crippen LogP) is -1.64. The van der Waals surface area contributed by atoms with Gasteiger partial charge in [0.25, 0.3) is 0 Å². The van der Waals surface area contributed by atoms with Crippen LogP contribution < -0.4 is 16.2 Å². The van der Waals surface area contributed by atoms with E-state index in [-0.39, 0.29) is 0 Å². The Labute approximate surface area is 86.9 Å². The molecule has 0 spiro atoms. The van der Waals surface area contributed by atoms with Crippen molar-refractivity contribution in [2.75, 3.05) is 20.6 Å². The van der Waals surface area contributed by atoms with Gasteiger partial charge in [0.2, 0.25) is 0 Å². The Kier molecular flexibility index (Phi) is 5.79. The number of nitrogens with one attached hydrogen (secondary N) is 3. The fourth-order valence-electron chi connectivity index (χ4n) is 0.598. The van der Waals surface area contributed by atoms with Crippen molar-refractivity contribution in [3.8, 4) is 0 Å². The summed E-state index contributed by atoms with van der Waals surface area (Å²) in [6.07, 6.45) is 0. The number of hydroxylamine groups is 1. The van der Waals surface area contributed by atoms with E-state index in [1.807, 2.05) is 0 Å². The molecule has 0 aliphatic carbocycles. The van der Waals surface area contributed by atoms with Gasteiger partial charge in [-0.2, -0.15) is 5.48 Å². The molecule has 15 heavy (non-hydrogen) atoms. The van der Waals surface area contributed by atoms with E-state index in [0.717, 1.165) is 0 Å². The molecule has 3 N–H and O–H groups in total. The molecule has 0 heterocycles. The molecule has 0 saturated carbocycles. The lowest BCUT2D eigenvalue weighted by Gasteiger charge is -2.11. The van der Waals surface area contributed by atoms with Crippen LogP contribution in [0.5, 0.6) is 0 Å². The molecule has 0 unspecified atom stereocenters. The van der Waals surface area contributed by atoms with Crippen LogP contribution in [-0.4, -0.2) is 43.6 Å². The molecule has 0 bridgehead atoms. The zero-order chi connectivity index (χ0) is 11.8. The molecular weight excluding hydrogens is 204 g/mol. The van der Waals surface area contributed by atoms with Crippen molar-refractivity contribution in [2.45, 2.75) is 6.92 Å². The number of hydrazine groups is 1. The molecule has 0 aromatic rings. The number of likely N-dealkylation sites (N-methyl/N-ethyl adjacent to an activating group) is 1. The Morgan fingerprint density at radius 3 is 2.33 bits per heavy atom. The van der Waals surface area contributed by atoms with Crippen LogP contribution in [0.1, 0.15) is 6.92 Å². The maximum Gasteiger partial charge on any atom is 0.420 e. The lowest BCUT2D eigenvalue weighted by atomic mass is 10.6. The van der Waals surface area contributed by atoms with Crippen LogP contribution in [-0.2, 0) is 14.4 Å². The summed E-state index contributed by atoms with van der Waals surface area (Å²) in [7, 11) is 3.15. The summed E-state index contributed by atoms with van der Waals surface area (Å²) < 4.78 is 0. The lowest BCUT2D eigenvalue weighted by Crippen LogP contribution is -2.45. The molecule has 0 aliphatic rings. The molecule has 0 atom stereocenters. The highest BCUT2D eigenvalue weighted by Crippen LogP contribution is 1.75. The Morgan fingerprint density at radius 2 is 1.87 bits per heavy atom. The SMILES string of the molecule is CCNC(=O)C(=O)ONC(=O)NN(C)C. The van der Waals surface area contributed by atoms with E-state index >= 15 is 0 Å². The van der Waals surface area contributed by atoms with Crippen molar-refractivity contribution in [1.82, 2.24) is 21.2 Å². The standard InChI is InChI=1S/C7H14N4O4/c1-4-8-5(12)6(13)15-10-7(14)9-11(2)3/h4H2,1-3H3,(H,8,12)(H2,9,10,14). The Hall–Kier alpha value is -1.83. The fraction of sp³-hybridized carbons (Fsp3) is 0.571. The number of carbonyl (C=O) groups excluding carboxylic acids is 3. The largest absolute Gasteiger partial charge is 0.420 e. The van der Waals surface area contributed by atoms with Crippen molar-refractivity contribution in [1.29, 1.82) is 0 Å². The van der Waals surface area contributed by atoms with Crippen LogP contribution in [0, 0.1) is 0 Å². The second-order valence-corrected chi connectivity index (χ2v) is 2.69. The molecule has 0 radical (unpaired) electrons. The van der Waals surface area contributed by atoms with Gasteiger partial charge in [-0.3, -0.25) is 10.2 Å². The number of urea groups is 1. The minimum Gasteiger partial charge on any atom is -0.347 e. The maximum absolute atomic E-state index is 10.9. The third-order valence-corrected chi connectivity index (χ3v) is 1.08. The van der Waals surface area contributed by atoms with E-state index < -0.39 is 17.9 Å². The number of nitrogens with zero attached hydrogens (tertiary/aromatic N) is 1. The van der Waals surface area contributed by atoms with E-state index in [9.17, 15) is 14.4 Å². The van der Waals surface area contributed by atoms with Crippen LogP contribution in [0.25, 0.3) is 0 Å². The summed E-state index contributed by atoms with van der Waals surface area (Å²) in [5.74, 6) is -2.09. The highest BCUT2D eigenvalue weighted by atomic mass is 16.7. The average Bonchev–Trinajstić information content (AvgIpc) is 2.13. The van der Waals surface area contributed by atoms with E-state index in [2.05, 4.69) is 15.6 Å². The number of amides is 3. The normalized spacial score (nSPS) is 9.33. The van der Waals surface area contributed by atoms with Crippen molar-refractivity contribution in [3.05, 3.63) is 0 Å². The molecule has 0 aromatic heterocycles. The number of hydrogen-bond donors (Lipinski definition) is 3. The molecule has 3 amide bonds. The van der Waals surface area contributed by atoms with Crippen LogP contribution in [0.4, 0.5) is 4.79 Å². The van der Waals surface area contributed by atoms with E-state index in [1.165, 1.54) is 5.01 Å². The second kappa shape index (κ2) is 6.60. The van der Waals surface area contributed by atoms with Crippen LogP contribution in [0.15, 0.2) is 0 Å². The van der Waals surface area contributed by atoms with E-state index in [0.29, 0.717) is 6.54 Å². The summed E-state index contributed by atoms with van der Waals surface area (Å²) in [5, 5.41) is 3.56.